The first-order valence-electron chi connectivity index (χ1n) is 11.3. The van der Waals surface area contributed by atoms with E-state index in [-0.39, 0.29) is 16.8 Å². The van der Waals surface area contributed by atoms with Crippen molar-refractivity contribution in [2.45, 2.75) is 50.5 Å². The Morgan fingerprint density at radius 2 is 1.69 bits per heavy atom. The number of amides is 1. The largest absolute Gasteiger partial charge is 0.494 e. The molecule has 1 fully saturated rings. The van der Waals surface area contributed by atoms with Gasteiger partial charge in [0, 0.05) is 30.4 Å². The fraction of sp³-hybridized carbons (Fsp3) is 0.458. The first-order chi connectivity index (χ1) is 15.4. The van der Waals surface area contributed by atoms with Crippen LogP contribution in [0.4, 0.5) is 5.69 Å². The number of anilines is 1. The second-order valence-corrected chi connectivity index (χ2v) is 9.71. The Morgan fingerprint density at radius 1 is 1.03 bits per heavy atom. The van der Waals surface area contributed by atoms with Crippen LogP contribution >= 0.6 is 0 Å². The van der Waals surface area contributed by atoms with E-state index in [1.807, 2.05) is 6.92 Å². The number of carbonyl (C=O) groups is 1. The Kier molecular flexibility index (Phi) is 8.53. The molecular weight excluding hydrogens is 426 g/mol. The fourth-order valence-electron chi connectivity index (χ4n) is 3.74. The summed E-state index contributed by atoms with van der Waals surface area (Å²) in [5, 5.41) is 3.08. The van der Waals surface area contributed by atoms with Gasteiger partial charge in [-0.25, -0.2) is 8.42 Å². The Morgan fingerprint density at radius 3 is 2.28 bits per heavy atom. The number of benzene rings is 2. The highest BCUT2D eigenvalue weighted by Gasteiger charge is 2.21. The van der Waals surface area contributed by atoms with Gasteiger partial charge in [0.2, 0.25) is 0 Å². The molecule has 8 heteroatoms. The first kappa shape index (κ1) is 24.1. The molecule has 3 rings (SSSR count). The molecule has 0 spiro atoms. The van der Waals surface area contributed by atoms with Crippen LogP contribution in [0.15, 0.2) is 53.4 Å². The van der Waals surface area contributed by atoms with Crippen LogP contribution in [0.1, 0.15) is 49.9 Å². The topological polar surface area (TPSA) is 87.7 Å². The molecule has 0 radical (unpaired) electrons. The third-order valence-electron chi connectivity index (χ3n) is 5.60. The summed E-state index contributed by atoms with van der Waals surface area (Å²) >= 11 is 0. The molecule has 1 aliphatic heterocycles. The summed E-state index contributed by atoms with van der Waals surface area (Å²) < 4.78 is 33.3. The lowest BCUT2D eigenvalue weighted by molar-refractivity contribution is 0.0910. The number of nitrogens with zero attached hydrogens (tertiary/aromatic N) is 1. The average Bonchev–Trinajstić information content (AvgIpc) is 2.80. The van der Waals surface area contributed by atoms with E-state index < -0.39 is 10.0 Å². The number of piperidine rings is 1. The summed E-state index contributed by atoms with van der Waals surface area (Å²) in [5.41, 5.74) is 0.902. The van der Waals surface area contributed by atoms with Gasteiger partial charge >= 0.3 is 0 Å². The minimum Gasteiger partial charge on any atom is -0.494 e. The molecular formula is C24H33N3O4S. The maximum Gasteiger partial charge on any atom is 0.261 e. The molecule has 0 saturated carbocycles. The molecule has 32 heavy (non-hydrogen) atoms. The Balaban J connectivity index is 1.55. The molecule has 0 unspecified atom stereocenters. The second-order valence-electron chi connectivity index (χ2n) is 8.03. The molecule has 7 nitrogen and oxygen atoms in total. The summed E-state index contributed by atoms with van der Waals surface area (Å²) in [5.74, 6) is 0.512. The number of ether oxygens (including phenoxy) is 1. The summed E-state index contributed by atoms with van der Waals surface area (Å²) in [4.78, 5) is 15.2. The number of hydrogen-bond donors (Lipinski definition) is 2. The fourth-order valence-corrected chi connectivity index (χ4v) is 4.80. The van der Waals surface area contributed by atoms with E-state index in [4.69, 9.17) is 4.74 Å². The van der Waals surface area contributed by atoms with Crippen molar-refractivity contribution in [3.8, 4) is 5.75 Å². The number of unbranched alkanes of at least 4 members (excludes halogenated alkanes) is 1. The van der Waals surface area contributed by atoms with Gasteiger partial charge in [0.15, 0.2) is 0 Å². The monoisotopic (exact) mass is 459 g/mol. The third-order valence-corrected chi connectivity index (χ3v) is 6.99. The minimum atomic E-state index is -3.75. The third kappa shape index (κ3) is 6.71. The molecule has 2 aromatic rings. The van der Waals surface area contributed by atoms with Crippen LogP contribution in [0.5, 0.6) is 5.75 Å². The van der Waals surface area contributed by atoms with Gasteiger partial charge in [-0.05, 0) is 81.3 Å². The van der Waals surface area contributed by atoms with Crippen molar-refractivity contribution in [1.82, 2.24) is 10.2 Å². The molecule has 0 aromatic heterocycles. The van der Waals surface area contributed by atoms with Gasteiger partial charge in [0.25, 0.3) is 15.9 Å². The zero-order valence-electron chi connectivity index (χ0n) is 18.8. The molecule has 1 amide bonds. The van der Waals surface area contributed by atoms with E-state index in [0.29, 0.717) is 23.6 Å². The van der Waals surface area contributed by atoms with Crippen molar-refractivity contribution in [3.63, 3.8) is 0 Å². The molecule has 0 atom stereocenters. The van der Waals surface area contributed by atoms with E-state index in [1.54, 1.807) is 36.4 Å². The predicted molar refractivity (Wildman–Crippen MR) is 127 cm³/mol. The van der Waals surface area contributed by atoms with Crippen molar-refractivity contribution >= 4 is 21.6 Å². The van der Waals surface area contributed by atoms with Gasteiger partial charge in [-0.2, -0.15) is 0 Å². The standard InChI is InChI=1S/C24H33N3O4S/c1-3-5-16-27-17-14-20(15-18-27)25-24(28)19-6-12-23(13-7-19)32(29,30)26-21-8-10-22(11-9-21)31-4-2/h6-13,20,26H,3-5,14-18H2,1-2H3,(H,25,28). The van der Waals surface area contributed by atoms with Crippen LogP contribution in [0.3, 0.4) is 0 Å². The number of hydrogen-bond acceptors (Lipinski definition) is 5. The first-order valence-corrected chi connectivity index (χ1v) is 12.8. The SMILES string of the molecule is CCCCN1CCC(NC(=O)c2ccc(S(=O)(=O)Nc3ccc(OCC)cc3)cc2)CC1. The minimum absolute atomic E-state index is 0.104. The van der Waals surface area contributed by atoms with E-state index >= 15 is 0 Å². The van der Waals surface area contributed by atoms with Gasteiger partial charge < -0.3 is 15.0 Å². The molecule has 174 valence electrons. The number of sulfonamides is 1. The van der Waals surface area contributed by atoms with Gasteiger partial charge in [-0.3, -0.25) is 9.52 Å². The van der Waals surface area contributed by atoms with Crippen LogP contribution < -0.4 is 14.8 Å². The van der Waals surface area contributed by atoms with Crippen molar-refractivity contribution < 1.29 is 17.9 Å². The highest BCUT2D eigenvalue weighted by molar-refractivity contribution is 7.92. The lowest BCUT2D eigenvalue weighted by Crippen LogP contribution is -2.44. The quantitative estimate of drug-likeness (QED) is 0.563. The van der Waals surface area contributed by atoms with Crippen LogP contribution in [0.25, 0.3) is 0 Å². The number of carbonyl (C=O) groups excluding carboxylic acids is 1. The van der Waals surface area contributed by atoms with E-state index in [9.17, 15) is 13.2 Å². The number of nitrogens with one attached hydrogen (secondary N) is 2. The van der Waals surface area contributed by atoms with Crippen molar-refractivity contribution in [3.05, 3.63) is 54.1 Å². The summed E-state index contributed by atoms with van der Waals surface area (Å²) in [7, 11) is -3.75. The number of rotatable bonds is 10. The van der Waals surface area contributed by atoms with E-state index in [2.05, 4.69) is 21.9 Å². The lowest BCUT2D eigenvalue weighted by Gasteiger charge is -2.32. The molecule has 0 aliphatic carbocycles. The highest BCUT2D eigenvalue weighted by atomic mass is 32.2. The predicted octanol–water partition coefficient (Wildman–Crippen LogP) is 3.88. The van der Waals surface area contributed by atoms with Crippen molar-refractivity contribution in [2.75, 3.05) is 31.0 Å². The Bertz CT molecular complexity index is 967. The highest BCUT2D eigenvalue weighted by Crippen LogP contribution is 2.20. The van der Waals surface area contributed by atoms with E-state index in [1.165, 1.54) is 25.0 Å². The number of likely N-dealkylation sites (tertiary alicyclic amines) is 1. The molecule has 1 aliphatic rings. The van der Waals surface area contributed by atoms with Gasteiger partial charge in [0.05, 0.1) is 11.5 Å². The zero-order chi connectivity index (χ0) is 23.0. The van der Waals surface area contributed by atoms with Crippen LogP contribution in [-0.4, -0.2) is 51.5 Å². The molecule has 2 N–H and O–H groups in total. The molecule has 2 aromatic carbocycles. The van der Waals surface area contributed by atoms with E-state index in [0.717, 1.165) is 32.5 Å². The van der Waals surface area contributed by atoms with Gasteiger partial charge in [-0.1, -0.05) is 13.3 Å². The van der Waals surface area contributed by atoms with Crippen LogP contribution in [-0.2, 0) is 10.0 Å². The van der Waals surface area contributed by atoms with Crippen molar-refractivity contribution in [2.24, 2.45) is 0 Å². The van der Waals surface area contributed by atoms with Crippen LogP contribution in [0.2, 0.25) is 0 Å². The van der Waals surface area contributed by atoms with Crippen molar-refractivity contribution in [1.29, 1.82) is 0 Å². The molecule has 0 bridgehead atoms. The normalized spacial score (nSPS) is 15.3. The van der Waals surface area contributed by atoms with Gasteiger partial charge in [0.1, 0.15) is 5.75 Å². The lowest BCUT2D eigenvalue weighted by atomic mass is 10.0. The second kappa shape index (κ2) is 11.3. The maximum atomic E-state index is 12.7. The smallest absolute Gasteiger partial charge is 0.261 e. The Labute approximate surface area is 191 Å². The molecule has 1 saturated heterocycles. The molecule has 1 heterocycles. The summed E-state index contributed by atoms with van der Waals surface area (Å²) in [6.45, 7) is 7.75. The average molecular weight is 460 g/mol. The summed E-state index contributed by atoms with van der Waals surface area (Å²) in [6, 6.07) is 12.9. The maximum absolute atomic E-state index is 12.7. The summed E-state index contributed by atoms with van der Waals surface area (Å²) in [6.07, 6.45) is 4.28. The van der Waals surface area contributed by atoms with Crippen LogP contribution in [0, 0.1) is 0 Å². The Hall–Kier alpha value is -2.58. The zero-order valence-corrected chi connectivity index (χ0v) is 19.7. The van der Waals surface area contributed by atoms with Gasteiger partial charge in [-0.15, -0.1) is 0 Å².